The number of carboxylic acid groups (broad SMARTS) is 2. The number of carbonyl (C=O) groups is 9. The minimum atomic E-state index is -1.81. The molecule has 0 rings (SSSR count). The van der Waals surface area contributed by atoms with Crippen LogP contribution in [0.15, 0.2) is 4.99 Å². The summed E-state index contributed by atoms with van der Waals surface area (Å²) in [7, 11) is 0. The summed E-state index contributed by atoms with van der Waals surface area (Å²) < 4.78 is 0. The Labute approximate surface area is 284 Å². The van der Waals surface area contributed by atoms with Gasteiger partial charge in [-0.15, -0.1) is 0 Å². The second-order valence-corrected chi connectivity index (χ2v) is 10.6. The zero-order valence-corrected chi connectivity index (χ0v) is 27.0. The van der Waals surface area contributed by atoms with E-state index >= 15 is 0 Å². The molecule has 6 atom stereocenters. The van der Waals surface area contributed by atoms with Gasteiger partial charge in [-0.3, -0.25) is 43.3 Å². The second kappa shape index (κ2) is 22.9. The Kier molecular flexibility index (Phi) is 20.3. The van der Waals surface area contributed by atoms with Crippen LogP contribution in [0.5, 0.6) is 0 Å². The van der Waals surface area contributed by atoms with E-state index in [0.29, 0.717) is 0 Å². The van der Waals surface area contributed by atoms with Gasteiger partial charge in [0.05, 0.1) is 26.2 Å². The molecular weight excluding hydrogens is 674 g/mol. The van der Waals surface area contributed by atoms with Crippen LogP contribution < -0.4 is 54.8 Å². The number of aliphatic carboxylic acids is 2. The Morgan fingerprint density at radius 3 is 1.56 bits per heavy atom. The number of guanidine groups is 1. The number of carbonyl (C=O) groups excluding carboxylic acids is 7. The van der Waals surface area contributed by atoms with Gasteiger partial charge >= 0.3 is 11.9 Å². The number of hydrogen-bond donors (Lipinski definition) is 14. The zero-order chi connectivity index (χ0) is 38.6. The average molecular weight is 720 g/mol. The van der Waals surface area contributed by atoms with E-state index in [4.69, 9.17) is 33.1 Å². The van der Waals surface area contributed by atoms with Crippen LogP contribution in [0, 0.1) is 0 Å². The molecule has 0 aliphatic rings. The lowest BCUT2D eigenvalue weighted by Crippen LogP contribution is -2.60. The quantitative estimate of drug-likeness (QED) is 0.0250. The van der Waals surface area contributed by atoms with Crippen LogP contribution in [-0.2, 0) is 43.2 Å². The lowest BCUT2D eigenvalue weighted by atomic mass is 10.1. The first-order valence-electron chi connectivity index (χ1n) is 14.9. The molecular formula is C26H45N11O13. The van der Waals surface area contributed by atoms with Crippen molar-refractivity contribution in [1.29, 1.82) is 0 Å². The number of aliphatic hydroxyl groups excluding tert-OH is 2. The van der Waals surface area contributed by atoms with Crippen molar-refractivity contribution in [3.63, 3.8) is 0 Å². The Hall–Kier alpha value is -5.62. The number of nitrogens with two attached hydrogens (primary N) is 4. The number of amides is 7. The number of aliphatic hydroxyl groups is 2. The molecule has 0 saturated carbocycles. The van der Waals surface area contributed by atoms with Gasteiger partial charge < -0.3 is 75.3 Å². The largest absolute Gasteiger partial charge is 0.481 e. The number of nitrogens with zero attached hydrogens (tertiary/aromatic N) is 1. The fourth-order valence-corrected chi connectivity index (χ4v) is 3.85. The number of primary amides is 1. The maximum absolute atomic E-state index is 13.4. The minimum absolute atomic E-state index is 0.0121. The number of hydrogen-bond acceptors (Lipinski definition) is 13. The Balaban J connectivity index is 6.18. The lowest BCUT2D eigenvalue weighted by Gasteiger charge is -2.26. The first-order valence-corrected chi connectivity index (χ1v) is 14.9. The maximum Gasteiger partial charge on any atom is 0.328 e. The van der Waals surface area contributed by atoms with Crippen LogP contribution in [0.2, 0.25) is 0 Å². The molecule has 24 heteroatoms. The van der Waals surface area contributed by atoms with E-state index in [9.17, 15) is 53.4 Å². The molecule has 0 aromatic carbocycles. The van der Waals surface area contributed by atoms with Crippen LogP contribution in [0.1, 0.15) is 39.0 Å². The van der Waals surface area contributed by atoms with Crippen LogP contribution in [-0.4, -0.2) is 142 Å². The summed E-state index contributed by atoms with van der Waals surface area (Å²) in [5.41, 5.74) is 21.0. The van der Waals surface area contributed by atoms with Gasteiger partial charge in [-0.2, -0.15) is 0 Å². The van der Waals surface area contributed by atoms with Crippen molar-refractivity contribution in [2.24, 2.45) is 27.9 Å². The third-order valence-corrected chi connectivity index (χ3v) is 6.47. The van der Waals surface area contributed by atoms with Gasteiger partial charge in [-0.05, 0) is 26.2 Å². The molecule has 0 spiro atoms. The Bertz CT molecular complexity index is 1280. The molecule has 0 fully saturated rings. The van der Waals surface area contributed by atoms with Gasteiger partial charge in [-0.25, -0.2) is 4.79 Å². The van der Waals surface area contributed by atoms with Crippen molar-refractivity contribution >= 4 is 59.2 Å². The number of carboxylic acids is 2. The molecule has 0 bridgehead atoms. The van der Waals surface area contributed by atoms with Crippen LogP contribution in [0.25, 0.3) is 0 Å². The fraction of sp³-hybridized carbons (Fsp3) is 0.615. The Morgan fingerprint density at radius 2 is 1.10 bits per heavy atom. The second-order valence-electron chi connectivity index (χ2n) is 10.6. The van der Waals surface area contributed by atoms with Gasteiger partial charge in [0.15, 0.2) is 5.96 Å². The van der Waals surface area contributed by atoms with Gasteiger partial charge in [0.2, 0.25) is 41.4 Å². The standard InChI is InChI=1S/C26H45N11O13/c1-11(32-18(41)8-27)20(44)36-15(9-38)24(48)35-14(7-17(28)40)23(47)33-12(3-2-6-31-26(29)30)21(45)34-13(4-5-19(42)43)22(46)37-16(10-39)25(49)50/h11-16,38-39H,2-10,27H2,1H3,(H2,28,40)(H,32,41)(H,33,47)(H,34,45)(H,35,48)(H,36,44)(H,37,46)(H,42,43)(H,49,50)(H4,29,30,31)/t11-,12-,13-,14-,15-,16-/m0/s1. The van der Waals surface area contributed by atoms with E-state index < -0.39 is 129 Å². The highest BCUT2D eigenvalue weighted by Crippen LogP contribution is 2.06. The van der Waals surface area contributed by atoms with Crippen molar-refractivity contribution in [3.8, 4) is 0 Å². The van der Waals surface area contributed by atoms with E-state index in [-0.39, 0.29) is 25.3 Å². The summed E-state index contributed by atoms with van der Waals surface area (Å²) >= 11 is 0. The molecule has 7 amide bonds. The molecule has 18 N–H and O–H groups in total. The summed E-state index contributed by atoms with van der Waals surface area (Å²) in [6, 6.07) is -9.78. The van der Waals surface area contributed by atoms with Crippen molar-refractivity contribution in [3.05, 3.63) is 0 Å². The smallest absolute Gasteiger partial charge is 0.328 e. The predicted molar refractivity (Wildman–Crippen MR) is 169 cm³/mol. The molecule has 24 nitrogen and oxygen atoms in total. The third-order valence-electron chi connectivity index (χ3n) is 6.47. The van der Waals surface area contributed by atoms with Gasteiger partial charge in [0, 0.05) is 13.0 Å². The highest BCUT2D eigenvalue weighted by Gasteiger charge is 2.33. The number of rotatable bonds is 24. The third kappa shape index (κ3) is 17.5. The fourth-order valence-electron chi connectivity index (χ4n) is 3.85. The van der Waals surface area contributed by atoms with Gasteiger partial charge in [0.1, 0.15) is 36.3 Å². The van der Waals surface area contributed by atoms with E-state index in [0.717, 1.165) is 0 Å². The van der Waals surface area contributed by atoms with E-state index in [1.165, 1.54) is 6.92 Å². The SMILES string of the molecule is C[C@H](NC(=O)CN)C(=O)N[C@@H](CO)C(=O)N[C@@H](CC(N)=O)C(=O)N[C@@H](CCCN=C(N)N)C(=O)N[C@@H](CCC(=O)O)C(=O)N[C@@H](CO)C(=O)O. The zero-order valence-electron chi connectivity index (χ0n) is 27.0. The van der Waals surface area contributed by atoms with Crippen molar-refractivity contribution in [1.82, 2.24) is 31.9 Å². The summed E-state index contributed by atoms with van der Waals surface area (Å²) in [4.78, 5) is 114. The first kappa shape index (κ1) is 44.4. The van der Waals surface area contributed by atoms with Crippen LogP contribution >= 0.6 is 0 Å². The number of nitrogens with one attached hydrogen (secondary N) is 6. The normalized spacial score (nSPS) is 14.2. The monoisotopic (exact) mass is 719 g/mol. The van der Waals surface area contributed by atoms with Crippen LogP contribution in [0.4, 0.5) is 0 Å². The predicted octanol–water partition coefficient (Wildman–Crippen LogP) is -8.26. The molecule has 0 unspecified atom stereocenters. The van der Waals surface area contributed by atoms with Crippen LogP contribution in [0.3, 0.4) is 0 Å². The average Bonchev–Trinajstić information content (AvgIpc) is 3.03. The highest BCUT2D eigenvalue weighted by molar-refractivity contribution is 5.98. The summed E-state index contributed by atoms with van der Waals surface area (Å²) in [5, 5.41) is 50.1. The van der Waals surface area contributed by atoms with Crippen molar-refractivity contribution in [2.45, 2.75) is 75.3 Å². The molecule has 0 aromatic heterocycles. The molecule has 50 heavy (non-hydrogen) atoms. The Morgan fingerprint density at radius 1 is 0.640 bits per heavy atom. The topological polar surface area (TPSA) is 423 Å². The molecule has 0 radical (unpaired) electrons. The molecule has 0 saturated heterocycles. The van der Waals surface area contributed by atoms with E-state index in [2.05, 4.69) is 31.6 Å². The van der Waals surface area contributed by atoms with Crippen molar-refractivity contribution < 1.29 is 63.6 Å². The van der Waals surface area contributed by atoms with Gasteiger partial charge in [-0.1, -0.05) is 0 Å². The number of aliphatic imine (C=N–C) groups is 1. The van der Waals surface area contributed by atoms with Crippen molar-refractivity contribution in [2.75, 3.05) is 26.3 Å². The summed E-state index contributed by atoms with van der Waals surface area (Å²) in [5.74, 6) is -10.7. The maximum atomic E-state index is 13.4. The molecule has 0 aliphatic carbocycles. The molecule has 282 valence electrons. The molecule has 0 heterocycles. The van der Waals surface area contributed by atoms with E-state index in [1.807, 2.05) is 5.32 Å². The summed E-state index contributed by atoms with van der Waals surface area (Å²) in [6.45, 7) is -1.30. The first-order chi connectivity index (χ1) is 23.4. The van der Waals surface area contributed by atoms with E-state index in [1.54, 1.807) is 0 Å². The summed E-state index contributed by atoms with van der Waals surface area (Å²) in [6.07, 6.45) is -2.32. The molecule has 0 aromatic rings. The highest BCUT2D eigenvalue weighted by atomic mass is 16.4. The van der Waals surface area contributed by atoms with Gasteiger partial charge in [0.25, 0.3) is 0 Å². The minimum Gasteiger partial charge on any atom is -0.481 e. The lowest BCUT2D eigenvalue weighted by molar-refractivity contribution is -0.144. The molecule has 0 aliphatic heterocycles.